The predicted molar refractivity (Wildman–Crippen MR) is 68.4 cm³/mol. The molecular formula is C12H11Cl2NO3. The molecule has 1 aromatic rings. The zero-order valence-corrected chi connectivity index (χ0v) is 11.1. The van der Waals surface area contributed by atoms with Crippen LogP contribution in [0, 0.1) is 0 Å². The summed E-state index contributed by atoms with van der Waals surface area (Å²) in [4.78, 5) is 24.7. The van der Waals surface area contributed by atoms with Gasteiger partial charge < -0.3 is 5.11 Å². The lowest BCUT2D eigenvalue weighted by Gasteiger charge is -2.02. The van der Waals surface area contributed by atoms with Crippen molar-refractivity contribution in [2.75, 3.05) is 6.54 Å². The summed E-state index contributed by atoms with van der Waals surface area (Å²) in [6, 6.07) is 3.24. The van der Waals surface area contributed by atoms with Crippen molar-refractivity contribution in [2.24, 2.45) is 0 Å². The quantitative estimate of drug-likeness (QED) is 0.682. The Morgan fingerprint density at radius 1 is 1.28 bits per heavy atom. The van der Waals surface area contributed by atoms with E-state index in [1.54, 1.807) is 11.0 Å². The maximum atomic E-state index is 12.1. The van der Waals surface area contributed by atoms with E-state index >= 15 is 0 Å². The van der Waals surface area contributed by atoms with Crippen molar-refractivity contribution < 1.29 is 14.7 Å². The molecule has 3 atom stereocenters. The van der Waals surface area contributed by atoms with E-state index in [2.05, 4.69) is 0 Å². The van der Waals surface area contributed by atoms with Crippen LogP contribution in [0.5, 0.6) is 0 Å². The minimum absolute atomic E-state index is 0.234. The summed E-state index contributed by atoms with van der Waals surface area (Å²) in [5.41, 5.74) is 0.386. The molecule has 1 N–H and O–H groups in total. The van der Waals surface area contributed by atoms with Crippen molar-refractivity contribution in [1.82, 2.24) is 4.90 Å². The standard InChI is InChI=1S/C12H11Cl2NO3/c1-2-15-9(10(15)12(17)18)11(16)6-3-4-7(13)8(14)5-6/h3-5,9-10H,2H2,1H3,(H,17,18). The third-order valence-electron chi connectivity index (χ3n) is 3.01. The Hall–Kier alpha value is -1.10. The van der Waals surface area contributed by atoms with Gasteiger partial charge in [0.25, 0.3) is 0 Å². The van der Waals surface area contributed by atoms with E-state index in [4.69, 9.17) is 28.3 Å². The number of aliphatic carboxylic acids is 1. The number of likely N-dealkylation sites (N-methyl/N-ethyl adjacent to an activating group) is 1. The summed E-state index contributed by atoms with van der Waals surface area (Å²) in [7, 11) is 0. The van der Waals surface area contributed by atoms with E-state index in [1.807, 2.05) is 6.92 Å². The summed E-state index contributed by atoms with van der Waals surface area (Å²) in [6.45, 7) is 2.34. The van der Waals surface area contributed by atoms with Gasteiger partial charge in [0.05, 0.1) is 10.0 Å². The minimum Gasteiger partial charge on any atom is -0.480 e. The summed E-state index contributed by atoms with van der Waals surface area (Å²) >= 11 is 11.6. The Labute approximate surface area is 114 Å². The van der Waals surface area contributed by atoms with Crippen molar-refractivity contribution in [3.8, 4) is 0 Å². The highest BCUT2D eigenvalue weighted by atomic mass is 35.5. The third kappa shape index (κ3) is 2.23. The second-order valence-corrected chi connectivity index (χ2v) is 4.87. The van der Waals surface area contributed by atoms with Crippen molar-refractivity contribution in [3.05, 3.63) is 33.8 Å². The lowest BCUT2D eigenvalue weighted by molar-refractivity contribution is -0.137. The van der Waals surface area contributed by atoms with Gasteiger partial charge in [0.1, 0.15) is 12.1 Å². The molecule has 0 spiro atoms. The molecule has 1 aromatic carbocycles. The van der Waals surface area contributed by atoms with Crippen LogP contribution in [0.3, 0.4) is 0 Å². The minimum atomic E-state index is -0.977. The van der Waals surface area contributed by atoms with Crippen molar-refractivity contribution in [2.45, 2.75) is 19.0 Å². The van der Waals surface area contributed by atoms with Gasteiger partial charge in [-0.25, -0.2) is 0 Å². The Morgan fingerprint density at radius 3 is 2.39 bits per heavy atom. The second kappa shape index (κ2) is 4.88. The number of ketones is 1. The first-order valence-electron chi connectivity index (χ1n) is 5.45. The van der Waals surface area contributed by atoms with Gasteiger partial charge >= 0.3 is 5.97 Å². The molecule has 0 aliphatic carbocycles. The van der Waals surface area contributed by atoms with Gasteiger partial charge in [0, 0.05) is 5.56 Å². The number of carboxylic acid groups (broad SMARTS) is 1. The molecule has 1 saturated heterocycles. The molecule has 0 bridgehead atoms. The fraction of sp³-hybridized carbons (Fsp3) is 0.333. The molecule has 0 radical (unpaired) electrons. The number of carbonyl (C=O) groups is 2. The van der Waals surface area contributed by atoms with E-state index in [0.717, 1.165) is 0 Å². The largest absolute Gasteiger partial charge is 0.480 e. The Kier molecular flexibility index (Phi) is 3.61. The van der Waals surface area contributed by atoms with Crippen LogP contribution in [0.15, 0.2) is 18.2 Å². The van der Waals surface area contributed by atoms with Crippen LogP contribution in [0.25, 0.3) is 0 Å². The van der Waals surface area contributed by atoms with Crippen LogP contribution in [0.1, 0.15) is 17.3 Å². The highest BCUT2D eigenvalue weighted by Gasteiger charge is 2.56. The van der Waals surface area contributed by atoms with Crippen molar-refractivity contribution in [3.63, 3.8) is 0 Å². The van der Waals surface area contributed by atoms with Crippen LogP contribution in [-0.2, 0) is 4.79 Å². The van der Waals surface area contributed by atoms with Crippen LogP contribution in [0.4, 0.5) is 0 Å². The number of carbonyl (C=O) groups excluding carboxylic acids is 1. The Bertz CT molecular complexity index is 518. The van der Waals surface area contributed by atoms with Crippen molar-refractivity contribution in [1.29, 1.82) is 0 Å². The van der Waals surface area contributed by atoms with Gasteiger partial charge in [-0.1, -0.05) is 30.1 Å². The summed E-state index contributed by atoms with van der Waals surface area (Å²) < 4.78 is 0. The smallest absolute Gasteiger partial charge is 0.323 e. The van der Waals surface area contributed by atoms with Crippen LogP contribution < -0.4 is 0 Å². The SMILES string of the molecule is CCN1C(C(=O)O)C1C(=O)c1ccc(Cl)c(Cl)c1. The summed E-state index contributed by atoms with van der Waals surface area (Å²) in [6.07, 6.45) is 0. The van der Waals surface area contributed by atoms with E-state index in [-0.39, 0.29) is 10.8 Å². The Balaban J connectivity index is 2.22. The van der Waals surface area contributed by atoms with Gasteiger partial charge in [0.2, 0.25) is 0 Å². The van der Waals surface area contributed by atoms with Gasteiger partial charge in [-0.15, -0.1) is 0 Å². The maximum absolute atomic E-state index is 12.1. The average Bonchev–Trinajstić information content (AvgIpc) is 3.06. The number of carboxylic acids is 1. The normalized spacial score (nSPS) is 25.8. The van der Waals surface area contributed by atoms with E-state index in [1.165, 1.54) is 12.1 Å². The summed E-state index contributed by atoms with van der Waals surface area (Å²) in [5.74, 6) is -1.21. The first-order valence-corrected chi connectivity index (χ1v) is 6.20. The number of hydrogen-bond donors (Lipinski definition) is 1. The topological polar surface area (TPSA) is 57.4 Å². The molecule has 0 saturated carbocycles. The monoisotopic (exact) mass is 287 g/mol. The first-order chi connectivity index (χ1) is 8.47. The van der Waals surface area contributed by atoms with Crippen LogP contribution in [-0.4, -0.2) is 40.4 Å². The number of Topliss-reactive ketones (excluding diaryl/α,β-unsaturated/α-hetero) is 1. The van der Waals surface area contributed by atoms with E-state index in [0.29, 0.717) is 17.1 Å². The molecule has 18 heavy (non-hydrogen) atoms. The first kappa shape index (κ1) is 13.3. The number of rotatable bonds is 4. The molecule has 6 heteroatoms. The average molecular weight is 288 g/mol. The van der Waals surface area contributed by atoms with Gasteiger partial charge in [-0.2, -0.15) is 0 Å². The molecule has 4 nitrogen and oxygen atoms in total. The molecule has 2 rings (SSSR count). The molecule has 1 heterocycles. The Morgan fingerprint density at radius 2 is 1.94 bits per heavy atom. The molecular weight excluding hydrogens is 277 g/mol. The van der Waals surface area contributed by atoms with Crippen LogP contribution in [0.2, 0.25) is 10.0 Å². The molecule has 0 aromatic heterocycles. The van der Waals surface area contributed by atoms with E-state index in [9.17, 15) is 9.59 Å². The molecule has 1 aliphatic rings. The third-order valence-corrected chi connectivity index (χ3v) is 3.75. The lowest BCUT2D eigenvalue weighted by Crippen LogP contribution is -2.15. The summed E-state index contributed by atoms with van der Waals surface area (Å²) in [5, 5.41) is 9.64. The van der Waals surface area contributed by atoms with Crippen LogP contribution >= 0.6 is 23.2 Å². The molecule has 96 valence electrons. The molecule has 1 fully saturated rings. The number of hydrogen-bond acceptors (Lipinski definition) is 3. The number of benzene rings is 1. The van der Waals surface area contributed by atoms with Crippen molar-refractivity contribution >= 4 is 35.0 Å². The maximum Gasteiger partial charge on any atom is 0.323 e. The highest BCUT2D eigenvalue weighted by molar-refractivity contribution is 6.42. The molecule has 0 amide bonds. The predicted octanol–water partition coefficient (Wildman–Crippen LogP) is 2.33. The highest BCUT2D eigenvalue weighted by Crippen LogP contribution is 2.32. The number of nitrogens with zero attached hydrogens (tertiary/aromatic N) is 1. The lowest BCUT2D eigenvalue weighted by atomic mass is 10.1. The van der Waals surface area contributed by atoms with Gasteiger partial charge in [0.15, 0.2) is 5.78 Å². The zero-order valence-electron chi connectivity index (χ0n) is 9.56. The van der Waals surface area contributed by atoms with E-state index < -0.39 is 18.1 Å². The fourth-order valence-electron chi connectivity index (χ4n) is 2.06. The van der Waals surface area contributed by atoms with Gasteiger partial charge in [-0.3, -0.25) is 14.5 Å². The number of halogens is 2. The molecule has 3 unspecified atom stereocenters. The zero-order chi connectivity index (χ0) is 13.4. The fourth-order valence-corrected chi connectivity index (χ4v) is 2.36. The second-order valence-electron chi connectivity index (χ2n) is 4.05. The molecule has 1 aliphatic heterocycles. The van der Waals surface area contributed by atoms with Gasteiger partial charge in [-0.05, 0) is 24.7 Å².